The lowest BCUT2D eigenvalue weighted by Crippen LogP contribution is -2.49. The highest BCUT2D eigenvalue weighted by molar-refractivity contribution is 6.04. The van der Waals surface area contributed by atoms with E-state index in [1.807, 2.05) is 91.0 Å². The number of hydrogen-bond acceptors (Lipinski definition) is 12. The third-order valence-corrected chi connectivity index (χ3v) is 11.3. The van der Waals surface area contributed by atoms with Crippen LogP contribution >= 0.6 is 0 Å². The van der Waals surface area contributed by atoms with E-state index in [4.69, 9.17) is 30.8 Å². The first-order valence-corrected chi connectivity index (χ1v) is 22.9. The van der Waals surface area contributed by atoms with Crippen molar-refractivity contribution < 1.29 is 38.2 Å². The smallest absolute Gasteiger partial charge is 0.413 e. The number of carbonyl (C=O) groups excluding carboxylic acids is 5. The maximum atomic E-state index is 12.7. The molecule has 0 spiro atoms. The SMILES string of the molecule is C[C@H](NC(=O)[C@H]1C[C@H](Oc2ccccc2)CN1)C(=O)NCc1ccc(C(=N)N)cc1.C[C@H](NC(=O)[C@H]1C[C@H](Oc2ccccc2)CN1)C(=O)NCc1ccc(C(=N)NC(=O)OCc2ccccc2)cc1. The second-order valence-electron chi connectivity index (χ2n) is 16.8. The molecule has 0 saturated carbocycles. The van der Waals surface area contributed by atoms with Crippen molar-refractivity contribution in [2.45, 2.75) is 82.8 Å². The van der Waals surface area contributed by atoms with Gasteiger partial charge in [-0.25, -0.2) is 4.79 Å². The van der Waals surface area contributed by atoms with Crippen LogP contribution in [0.2, 0.25) is 0 Å². The number of nitrogen functional groups attached to an aromatic ring is 1. The van der Waals surface area contributed by atoms with Gasteiger partial charge in [0, 0.05) is 50.1 Å². The summed E-state index contributed by atoms with van der Waals surface area (Å²) in [5, 5.41) is 35.3. The number of rotatable bonds is 18. The van der Waals surface area contributed by atoms with Crippen molar-refractivity contribution in [3.8, 4) is 11.5 Å². The number of amidine groups is 2. The van der Waals surface area contributed by atoms with Gasteiger partial charge in [0.25, 0.3) is 0 Å². The summed E-state index contributed by atoms with van der Waals surface area (Å²) < 4.78 is 16.9. The quantitative estimate of drug-likeness (QED) is 0.0446. The van der Waals surface area contributed by atoms with Crippen molar-refractivity contribution in [1.82, 2.24) is 37.2 Å². The molecule has 0 unspecified atom stereocenters. The molecule has 6 atom stereocenters. The number of nitrogens with one attached hydrogen (secondary N) is 9. The molecule has 2 aliphatic heterocycles. The van der Waals surface area contributed by atoms with E-state index in [0.717, 1.165) is 28.2 Å². The van der Waals surface area contributed by atoms with Crippen LogP contribution in [-0.2, 0) is 43.6 Å². The molecule has 2 aliphatic rings. The Hall–Kier alpha value is -8.09. The molecule has 2 fully saturated rings. The van der Waals surface area contributed by atoms with Gasteiger partial charge in [-0.15, -0.1) is 0 Å². The van der Waals surface area contributed by atoms with Gasteiger partial charge in [0.1, 0.15) is 54.1 Å². The fraction of sp³-hybridized carbons (Fsp3) is 0.288. The molecule has 18 nitrogen and oxygen atoms in total. The van der Waals surface area contributed by atoms with E-state index in [1.54, 1.807) is 62.4 Å². The Morgan fingerprint density at radius 2 is 1.00 bits per heavy atom. The molecule has 0 aliphatic carbocycles. The van der Waals surface area contributed by atoms with Crippen molar-refractivity contribution in [1.29, 1.82) is 10.8 Å². The van der Waals surface area contributed by atoms with Crippen molar-refractivity contribution >= 4 is 41.4 Å². The summed E-state index contributed by atoms with van der Waals surface area (Å²) in [6.07, 6.45) is 0.119. The third kappa shape index (κ3) is 16.3. The summed E-state index contributed by atoms with van der Waals surface area (Å²) >= 11 is 0. The first-order valence-electron chi connectivity index (χ1n) is 22.9. The molecule has 7 rings (SSSR count). The molecule has 2 heterocycles. The summed E-state index contributed by atoms with van der Waals surface area (Å²) in [5.41, 5.74) is 9.08. The maximum absolute atomic E-state index is 12.7. The molecule has 5 amide bonds. The van der Waals surface area contributed by atoms with Gasteiger partial charge in [0.05, 0.1) is 12.1 Å². The Balaban J connectivity index is 0.000000239. The van der Waals surface area contributed by atoms with E-state index >= 15 is 0 Å². The predicted molar refractivity (Wildman–Crippen MR) is 264 cm³/mol. The van der Waals surface area contributed by atoms with E-state index in [9.17, 15) is 24.0 Å². The number of hydrogen-bond donors (Lipinski definition) is 10. The number of benzene rings is 5. The molecule has 2 saturated heterocycles. The van der Waals surface area contributed by atoms with E-state index in [-0.39, 0.29) is 60.7 Å². The van der Waals surface area contributed by atoms with Crippen LogP contribution in [-0.4, -0.2) is 90.9 Å². The second kappa shape index (κ2) is 25.9. The summed E-state index contributed by atoms with van der Waals surface area (Å²) in [7, 11) is 0. The van der Waals surface area contributed by atoms with Gasteiger partial charge >= 0.3 is 6.09 Å². The molecule has 11 N–H and O–H groups in total. The molecular formula is C52H60N10O8. The lowest BCUT2D eigenvalue weighted by atomic mass is 10.1. The second-order valence-corrected chi connectivity index (χ2v) is 16.8. The lowest BCUT2D eigenvalue weighted by molar-refractivity contribution is -0.129. The number of alkyl carbamates (subject to hydrolysis) is 1. The molecule has 5 aromatic rings. The van der Waals surface area contributed by atoms with Crippen LogP contribution in [0.15, 0.2) is 140 Å². The highest BCUT2D eigenvalue weighted by atomic mass is 16.5. The van der Waals surface area contributed by atoms with Crippen LogP contribution < -0.4 is 52.4 Å². The van der Waals surface area contributed by atoms with Crippen LogP contribution in [0, 0.1) is 10.8 Å². The zero-order valence-electron chi connectivity index (χ0n) is 39.0. The lowest BCUT2D eigenvalue weighted by Gasteiger charge is -2.17. The van der Waals surface area contributed by atoms with Crippen molar-refractivity contribution in [3.63, 3.8) is 0 Å². The van der Waals surface area contributed by atoms with Gasteiger partial charge in [0.2, 0.25) is 23.6 Å². The number of nitrogens with two attached hydrogens (primary N) is 1. The summed E-state index contributed by atoms with van der Waals surface area (Å²) in [5.74, 6) is 0.375. The van der Waals surface area contributed by atoms with E-state index in [1.165, 1.54) is 0 Å². The zero-order chi connectivity index (χ0) is 49.8. The Morgan fingerprint density at radius 3 is 1.43 bits per heavy atom. The van der Waals surface area contributed by atoms with Gasteiger partial charge in [0.15, 0.2) is 0 Å². The van der Waals surface area contributed by atoms with Crippen LogP contribution in [0.1, 0.15) is 54.5 Å². The van der Waals surface area contributed by atoms with Crippen molar-refractivity contribution in [2.75, 3.05) is 13.1 Å². The van der Waals surface area contributed by atoms with Crippen molar-refractivity contribution in [3.05, 3.63) is 167 Å². The zero-order valence-corrected chi connectivity index (χ0v) is 39.0. The Morgan fingerprint density at radius 1 is 0.586 bits per heavy atom. The van der Waals surface area contributed by atoms with Gasteiger partial charge in [-0.2, -0.15) is 0 Å². The molecule has 0 radical (unpaired) electrons. The summed E-state index contributed by atoms with van der Waals surface area (Å²) in [4.78, 5) is 62.0. The third-order valence-electron chi connectivity index (χ3n) is 11.3. The Kier molecular flexibility index (Phi) is 19.0. The van der Waals surface area contributed by atoms with E-state index in [0.29, 0.717) is 43.6 Å². The Bertz CT molecular complexity index is 2530. The highest BCUT2D eigenvalue weighted by Crippen LogP contribution is 2.19. The molecule has 366 valence electrons. The van der Waals surface area contributed by atoms with Crippen LogP contribution in [0.4, 0.5) is 4.79 Å². The highest BCUT2D eigenvalue weighted by Gasteiger charge is 2.33. The number of ether oxygens (including phenoxy) is 3. The minimum atomic E-state index is -0.720. The predicted octanol–water partition coefficient (Wildman–Crippen LogP) is 3.77. The van der Waals surface area contributed by atoms with E-state index < -0.39 is 30.3 Å². The minimum absolute atomic E-state index is 0.00106. The number of para-hydroxylation sites is 2. The fourth-order valence-electron chi connectivity index (χ4n) is 7.34. The van der Waals surface area contributed by atoms with E-state index in [2.05, 4.69) is 37.2 Å². The van der Waals surface area contributed by atoms with Crippen LogP contribution in [0.5, 0.6) is 11.5 Å². The van der Waals surface area contributed by atoms with Gasteiger partial charge in [-0.1, -0.05) is 115 Å². The molecule has 0 bridgehead atoms. The first kappa shape index (κ1) is 51.3. The van der Waals surface area contributed by atoms with Crippen LogP contribution in [0.25, 0.3) is 0 Å². The largest absolute Gasteiger partial charge is 0.489 e. The molecule has 5 aromatic carbocycles. The minimum Gasteiger partial charge on any atom is -0.489 e. The summed E-state index contributed by atoms with van der Waals surface area (Å²) in [6, 6.07) is 39.9. The normalized spacial score (nSPS) is 17.7. The molecular weight excluding hydrogens is 893 g/mol. The van der Waals surface area contributed by atoms with Gasteiger partial charge in [-0.05, 0) is 54.8 Å². The molecule has 0 aromatic heterocycles. The maximum Gasteiger partial charge on any atom is 0.413 e. The summed E-state index contributed by atoms with van der Waals surface area (Å²) in [6.45, 7) is 5.08. The number of amides is 5. The average molecular weight is 953 g/mol. The number of carbonyl (C=O) groups is 5. The van der Waals surface area contributed by atoms with Gasteiger partial charge < -0.3 is 51.8 Å². The Labute approximate surface area is 406 Å². The van der Waals surface area contributed by atoms with Gasteiger partial charge in [-0.3, -0.25) is 35.3 Å². The molecule has 18 heteroatoms. The topological polar surface area (TPSA) is 271 Å². The first-order chi connectivity index (χ1) is 33.8. The van der Waals surface area contributed by atoms with Crippen molar-refractivity contribution in [2.24, 2.45) is 5.73 Å². The standard InChI is InChI=1S/C30H33N5O5.C22H27N5O3/c1-20(34-29(37)26-16-25(18-32-26)40-24-10-6-3-7-11-24)28(36)33-17-21-12-14-23(15-13-21)27(31)35-30(38)39-19-22-8-4-2-5-9-22;1-14(21(28)26-12-15-7-9-16(10-8-15)20(23)24)27-22(29)19-11-18(13-25-19)30-17-5-3-2-4-6-17/h2-15,20,25-26,32H,16-19H2,1H3,(H,33,36)(H,34,37)(H2,31,35,38);2-10,14,18-19,25H,11-13H2,1H3,(H3,23,24)(H,26,28)(H,27,29)/t20-,25-,26+;14-,18-,19+/m00/s1. The van der Waals surface area contributed by atoms with Crippen LogP contribution in [0.3, 0.4) is 0 Å². The average Bonchev–Trinajstić information content (AvgIpc) is 4.06. The molecule has 70 heavy (non-hydrogen) atoms. The fourth-order valence-corrected chi connectivity index (χ4v) is 7.34. The monoisotopic (exact) mass is 952 g/mol.